The van der Waals surface area contributed by atoms with E-state index in [1.807, 2.05) is 0 Å². The van der Waals surface area contributed by atoms with Crippen LogP contribution in [0.1, 0.15) is 20.8 Å². The second-order valence-electron chi connectivity index (χ2n) is 4.74. The van der Waals surface area contributed by atoms with E-state index in [1.165, 1.54) is 0 Å². The van der Waals surface area contributed by atoms with Gasteiger partial charge >= 0.3 is 5.97 Å². The Bertz CT molecular complexity index is 526. The predicted molar refractivity (Wildman–Crippen MR) is 71.9 cm³/mol. The van der Waals surface area contributed by atoms with Gasteiger partial charge in [-0.1, -0.05) is 0 Å². The summed E-state index contributed by atoms with van der Waals surface area (Å²) in [4.78, 5) is 22.9. The summed E-state index contributed by atoms with van der Waals surface area (Å²) in [6.07, 6.45) is -0.916. The summed E-state index contributed by atoms with van der Waals surface area (Å²) in [5.74, 6) is 0.386. The number of hydrogen-bond donors (Lipinski definition) is 1. The number of hydrogen-bond acceptors (Lipinski definition) is 5. The van der Waals surface area contributed by atoms with Gasteiger partial charge in [0, 0.05) is 6.07 Å². The van der Waals surface area contributed by atoms with E-state index in [0.29, 0.717) is 17.2 Å². The summed E-state index contributed by atoms with van der Waals surface area (Å²) in [6, 6.07) is 4.98. The molecule has 1 aliphatic heterocycles. The molecular weight excluding hydrogens is 262 g/mol. The molecule has 1 amide bonds. The van der Waals surface area contributed by atoms with Crippen LogP contribution in [0, 0.1) is 0 Å². The fourth-order valence-corrected chi connectivity index (χ4v) is 1.72. The van der Waals surface area contributed by atoms with Crippen LogP contribution >= 0.6 is 0 Å². The molecule has 0 radical (unpaired) electrons. The van der Waals surface area contributed by atoms with Crippen molar-refractivity contribution in [3.63, 3.8) is 0 Å². The molecule has 1 N–H and O–H groups in total. The molecule has 0 saturated heterocycles. The Labute approximate surface area is 117 Å². The highest BCUT2D eigenvalue weighted by atomic mass is 16.6. The monoisotopic (exact) mass is 279 g/mol. The van der Waals surface area contributed by atoms with E-state index in [1.54, 1.807) is 39.0 Å². The fraction of sp³-hybridized carbons (Fsp3) is 0.429. The molecule has 1 unspecified atom stereocenters. The molecule has 0 bridgehead atoms. The van der Waals surface area contributed by atoms with Crippen molar-refractivity contribution < 1.29 is 23.8 Å². The highest BCUT2D eigenvalue weighted by molar-refractivity contribution is 5.95. The molecule has 6 heteroatoms. The number of nitrogens with one attached hydrogen (secondary N) is 1. The molecule has 2 rings (SSSR count). The van der Waals surface area contributed by atoms with E-state index in [2.05, 4.69) is 5.32 Å². The minimum absolute atomic E-state index is 0.00429. The van der Waals surface area contributed by atoms with Crippen molar-refractivity contribution in [2.75, 3.05) is 11.9 Å². The van der Waals surface area contributed by atoms with E-state index < -0.39 is 12.1 Å². The number of carbonyl (C=O) groups is 2. The van der Waals surface area contributed by atoms with Crippen LogP contribution in [0.2, 0.25) is 0 Å². The number of rotatable bonds is 4. The first kappa shape index (κ1) is 14.2. The van der Waals surface area contributed by atoms with Gasteiger partial charge in [-0.2, -0.15) is 0 Å². The maximum atomic E-state index is 11.7. The zero-order valence-electron chi connectivity index (χ0n) is 11.6. The van der Waals surface area contributed by atoms with Crippen molar-refractivity contribution in [3.05, 3.63) is 18.2 Å². The van der Waals surface area contributed by atoms with E-state index in [-0.39, 0.29) is 18.6 Å². The van der Waals surface area contributed by atoms with Gasteiger partial charge < -0.3 is 19.5 Å². The minimum atomic E-state index is -0.726. The molecule has 0 spiro atoms. The van der Waals surface area contributed by atoms with Gasteiger partial charge in [-0.25, -0.2) is 4.79 Å². The number of anilines is 1. The van der Waals surface area contributed by atoms with Gasteiger partial charge in [0.25, 0.3) is 5.91 Å². The molecule has 1 atom stereocenters. The van der Waals surface area contributed by atoms with E-state index in [4.69, 9.17) is 14.2 Å². The lowest BCUT2D eigenvalue weighted by Crippen LogP contribution is -2.28. The number of benzene rings is 1. The Kier molecular flexibility index (Phi) is 4.12. The van der Waals surface area contributed by atoms with Crippen molar-refractivity contribution in [2.45, 2.75) is 33.0 Å². The maximum absolute atomic E-state index is 11.7. The SMILES string of the molecule is CC(C)OC(=O)C(C)Oc1ccc2c(c1)NC(=O)CO2. The van der Waals surface area contributed by atoms with Crippen molar-refractivity contribution in [1.29, 1.82) is 0 Å². The van der Waals surface area contributed by atoms with Crippen LogP contribution in [0.4, 0.5) is 5.69 Å². The molecule has 0 aliphatic carbocycles. The molecule has 1 aromatic rings. The van der Waals surface area contributed by atoms with Crippen LogP contribution in [-0.4, -0.2) is 30.7 Å². The minimum Gasteiger partial charge on any atom is -0.482 e. The lowest BCUT2D eigenvalue weighted by atomic mass is 10.2. The Morgan fingerprint density at radius 2 is 2.10 bits per heavy atom. The van der Waals surface area contributed by atoms with Crippen LogP contribution < -0.4 is 14.8 Å². The highest BCUT2D eigenvalue weighted by Gasteiger charge is 2.20. The van der Waals surface area contributed by atoms with Gasteiger partial charge in [0.15, 0.2) is 12.7 Å². The summed E-state index contributed by atoms with van der Waals surface area (Å²) in [5.41, 5.74) is 0.531. The molecule has 0 aromatic heterocycles. The fourth-order valence-electron chi connectivity index (χ4n) is 1.72. The molecule has 0 fully saturated rings. The van der Waals surface area contributed by atoms with Gasteiger partial charge in [-0.05, 0) is 32.9 Å². The van der Waals surface area contributed by atoms with Crippen LogP contribution in [0.15, 0.2) is 18.2 Å². The molecule has 1 aliphatic rings. The summed E-state index contributed by atoms with van der Waals surface area (Å²) >= 11 is 0. The second kappa shape index (κ2) is 5.81. The normalized spacial score (nSPS) is 14.9. The Morgan fingerprint density at radius 1 is 1.35 bits per heavy atom. The zero-order valence-corrected chi connectivity index (χ0v) is 11.6. The van der Waals surface area contributed by atoms with Crippen LogP contribution in [-0.2, 0) is 14.3 Å². The summed E-state index contributed by atoms with van der Waals surface area (Å²) in [7, 11) is 0. The lowest BCUT2D eigenvalue weighted by molar-refractivity contribution is -0.154. The van der Waals surface area contributed by atoms with Crippen LogP contribution in [0.3, 0.4) is 0 Å². The summed E-state index contributed by atoms with van der Waals surface area (Å²) in [6.45, 7) is 5.16. The number of amides is 1. The van der Waals surface area contributed by atoms with Crippen LogP contribution in [0.25, 0.3) is 0 Å². The number of esters is 1. The number of carbonyl (C=O) groups excluding carboxylic acids is 2. The third-order valence-corrected chi connectivity index (χ3v) is 2.58. The first-order valence-corrected chi connectivity index (χ1v) is 6.39. The third-order valence-electron chi connectivity index (χ3n) is 2.58. The van der Waals surface area contributed by atoms with E-state index >= 15 is 0 Å². The molecule has 6 nitrogen and oxygen atoms in total. The smallest absolute Gasteiger partial charge is 0.347 e. The Balaban J connectivity index is 2.05. The molecule has 0 saturated carbocycles. The van der Waals surface area contributed by atoms with E-state index in [9.17, 15) is 9.59 Å². The van der Waals surface area contributed by atoms with Gasteiger partial charge in [0.05, 0.1) is 11.8 Å². The van der Waals surface area contributed by atoms with Crippen molar-refractivity contribution in [1.82, 2.24) is 0 Å². The molecule has 1 aromatic carbocycles. The highest BCUT2D eigenvalue weighted by Crippen LogP contribution is 2.31. The quantitative estimate of drug-likeness (QED) is 0.850. The Morgan fingerprint density at radius 3 is 2.80 bits per heavy atom. The molecule has 20 heavy (non-hydrogen) atoms. The predicted octanol–water partition coefficient (Wildman–Crippen LogP) is 1.74. The topological polar surface area (TPSA) is 73.9 Å². The molecule has 1 heterocycles. The lowest BCUT2D eigenvalue weighted by Gasteiger charge is -2.20. The first-order valence-electron chi connectivity index (χ1n) is 6.39. The van der Waals surface area contributed by atoms with Gasteiger partial charge in [0.1, 0.15) is 11.5 Å². The molecular formula is C14H17NO5. The zero-order chi connectivity index (χ0) is 14.7. The van der Waals surface area contributed by atoms with Crippen molar-refractivity contribution in [3.8, 4) is 11.5 Å². The molecule has 108 valence electrons. The number of ether oxygens (including phenoxy) is 3. The number of fused-ring (bicyclic) bond motifs is 1. The summed E-state index contributed by atoms with van der Waals surface area (Å²) in [5, 5.41) is 2.67. The third kappa shape index (κ3) is 3.40. The van der Waals surface area contributed by atoms with Crippen molar-refractivity contribution >= 4 is 17.6 Å². The van der Waals surface area contributed by atoms with E-state index in [0.717, 1.165) is 0 Å². The average molecular weight is 279 g/mol. The van der Waals surface area contributed by atoms with Gasteiger partial charge in [-0.3, -0.25) is 4.79 Å². The largest absolute Gasteiger partial charge is 0.482 e. The summed E-state index contributed by atoms with van der Waals surface area (Å²) < 4.78 is 15.8. The Hall–Kier alpha value is -2.24. The van der Waals surface area contributed by atoms with Crippen molar-refractivity contribution in [2.24, 2.45) is 0 Å². The van der Waals surface area contributed by atoms with Gasteiger partial charge in [-0.15, -0.1) is 0 Å². The first-order chi connectivity index (χ1) is 9.45. The average Bonchev–Trinajstić information content (AvgIpc) is 2.37. The van der Waals surface area contributed by atoms with Gasteiger partial charge in [0.2, 0.25) is 0 Å². The maximum Gasteiger partial charge on any atom is 0.347 e. The second-order valence-corrected chi connectivity index (χ2v) is 4.74. The van der Waals surface area contributed by atoms with Crippen LogP contribution in [0.5, 0.6) is 11.5 Å². The standard InChI is InChI=1S/C14H17NO5/c1-8(2)19-14(17)9(3)20-10-4-5-12-11(6-10)15-13(16)7-18-12/h4-6,8-9H,7H2,1-3H3,(H,15,16).